The second-order valence-corrected chi connectivity index (χ2v) is 4.47. The van der Waals surface area contributed by atoms with E-state index in [9.17, 15) is 9.59 Å². The van der Waals surface area contributed by atoms with E-state index in [1.165, 1.54) is 0 Å². The van der Waals surface area contributed by atoms with Crippen LogP contribution in [0, 0.1) is 11.3 Å². The van der Waals surface area contributed by atoms with Gasteiger partial charge in [0.15, 0.2) is 0 Å². The van der Waals surface area contributed by atoms with Gasteiger partial charge >= 0.3 is 11.9 Å². The Kier molecular flexibility index (Phi) is 2.21. The Labute approximate surface area is 82.5 Å². The van der Waals surface area contributed by atoms with Crippen LogP contribution in [0.1, 0.15) is 39.0 Å². The highest BCUT2D eigenvalue weighted by Gasteiger charge is 2.48. The zero-order valence-electron chi connectivity index (χ0n) is 8.25. The molecule has 0 amide bonds. The summed E-state index contributed by atoms with van der Waals surface area (Å²) in [7, 11) is 0. The van der Waals surface area contributed by atoms with Crippen molar-refractivity contribution in [3.8, 4) is 0 Å². The molecule has 78 valence electrons. The molecule has 1 aliphatic heterocycles. The molecule has 0 N–H and O–H groups in total. The lowest BCUT2D eigenvalue weighted by Gasteiger charge is -2.37. The van der Waals surface area contributed by atoms with Crippen molar-refractivity contribution in [1.29, 1.82) is 0 Å². The maximum absolute atomic E-state index is 11.5. The summed E-state index contributed by atoms with van der Waals surface area (Å²) in [6.07, 6.45) is 3.67. The lowest BCUT2D eigenvalue weighted by Crippen LogP contribution is -2.43. The maximum atomic E-state index is 11.5. The molecule has 2 aliphatic rings. The Bertz CT molecular complexity index is 263. The first-order valence-electron chi connectivity index (χ1n) is 5.04. The van der Waals surface area contributed by atoms with E-state index in [-0.39, 0.29) is 12.4 Å². The molecule has 2 fully saturated rings. The Balaban J connectivity index is 2.12. The number of hydrogen-bond acceptors (Lipinski definition) is 4. The topological polar surface area (TPSA) is 52.6 Å². The summed E-state index contributed by atoms with van der Waals surface area (Å²) >= 11 is 0. The third kappa shape index (κ3) is 1.49. The van der Waals surface area contributed by atoms with Gasteiger partial charge in [0.25, 0.3) is 0 Å². The first kappa shape index (κ1) is 9.49. The monoisotopic (exact) mass is 198 g/mol. The molecule has 1 aliphatic carbocycles. The van der Waals surface area contributed by atoms with E-state index in [4.69, 9.17) is 0 Å². The summed E-state index contributed by atoms with van der Waals surface area (Å²) in [5, 5.41) is 0. The van der Waals surface area contributed by atoms with Crippen LogP contribution in [-0.4, -0.2) is 11.9 Å². The number of hydrogen-bond donors (Lipinski definition) is 0. The highest BCUT2D eigenvalue weighted by atomic mass is 17.2. The molecular formula is C10H14O4. The van der Waals surface area contributed by atoms with Gasteiger partial charge in [-0.25, -0.2) is 19.4 Å². The van der Waals surface area contributed by atoms with Gasteiger partial charge in [-0.15, -0.1) is 0 Å². The van der Waals surface area contributed by atoms with Crippen LogP contribution < -0.4 is 0 Å². The molecule has 0 aromatic heterocycles. The quantitative estimate of drug-likeness (QED) is 0.554. The third-order valence-corrected chi connectivity index (χ3v) is 3.36. The van der Waals surface area contributed by atoms with Gasteiger partial charge in [0, 0.05) is 0 Å². The molecule has 0 aromatic rings. The fraction of sp³-hybridized carbons (Fsp3) is 0.800. The normalized spacial score (nSPS) is 37.9. The summed E-state index contributed by atoms with van der Waals surface area (Å²) < 4.78 is 0. The molecule has 1 saturated carbocycles. The zero-order chi connectivity index (χ0) is 10.2. The Hall–Kier alpha value is -1.06. The molecule has 2 rings (SSSR count). The van der Waals surface area contributed by atoms with E-state index in [1.807, 2.05) is 0 Å². The first-order valence-corrected chi connectivity index (χ1v) is 5.04. The molecule has 0 radical (unpaired) electrons. The highest BCUT2D eigenvalue weighted by Crippen LogP contribution is 2.44. The van der Waals surface area contributed by atoms with Crippen molar-refractivity contribution < 1.29 is 19.4 Å². The molecular weight excluding hydrogens is 184 g/mol. The predicted molar refractivity (Wildman–Crippen MR) is 46.9 cm³/mol. The Morgan fingerprint density at radius 3 is 2.50 bits per heavy atom. The molecule has 0 unspecified atom stereocenters. The molecule has 0 bridgehead atoms. The number of carbonyl (C=O) groups is 2. The summed E-state index contributed by atoms with van der Waals surface area (Å²) in [4.78, 5) is 31.3. The van der Waals surface area contributed by atoms with Gasteiger partial charge in [0.05, 0.1) is 11.8 Å². The summed E-state index contributed by atoms with van der Waals surface area (Å²) in [5.41, 5.74) is -0.568. The second-order valence-electron chi connectivity index (χ2n) is 4.47. The maximum Gasteiger partial charge on any atom is 0.362 e. The van der Waals surface area contributed by atoms with Crippen LogP contribution in [0.4, 0.5) is 0 Å². The van der Waals surface area contributed by atoms with E-state index in [1.54, 1.807) is 0 Å². The smallest absolute Gasteiger partial charge is 0.247 e. The molecule has 0 atom stereocenters. The lowest BCUT2D eigenvalue weighted by molar-refractivity contribution is -0.283. The molecule has 4 nitrogen and oxygen atoms in total. The summed E-state index contributed by atoms with van der Waals surface area (Å²) in [6, 6.07) is 0. The van der Waals surface area contributed by atoms with E-state index in [0.717, 1.165) is 25.7 Å². The van der Waals surface area contributed by atoms with Crippen molar-refractivity contribution in [3.05, 3.63) is 0 Å². The molecule has 1 saturated heterocycles. The van der Waals surface area contributed by atoms with Crippen molar-refractivity contribution in [2.24, 2.45) is 11.3 Å². The highest BCUT2D eigenvalue weighted by molar-refractivity contribution is 5.86. The van der Waals surface area contributed by atoms with Crippen molar-refractivity contribution in [3.63, 3.8) is 0 Å². The minimum absolute atomic E-state index is 0.193. The molecule has 1 spiro atoms. The van der Waals surface area contributed by atoms with Gasteiger partial charge in [0.2, 0.25) is 0 Å². The SMILES string of the molecule is CC1CCC2(CC1)CC(=O)OOC2=O. The molecule has 0 aromatic carbocycles. The van der Waals surface area contributed by atoms with Crippen LogP contribution in [0.2, 0.25) is 0 Å². The number of carbonyl (C=O) groups excluding carboxylic acids is 2. The van der Waals surface area contributed by atoms with Gasteiger partial charge in [0.1, 0.15) is 0 Å². The van der Waals surface area contributed by atoms with Crippen LogP contribution in [0.15, 0.2) is 0 Å². The minimum Gasteiger partial charge on any atom is -0.247 e. The van der Waals surface area contributed by atoms with Crippen molar-refractivity contribution in [1.82, 2.24) is 0 Å². The number of rotatable bonds is 0. The van der Waals surface area contributed by atoms with E-state index in [2.05, 4.69) is 16.7 Å². The fourth-order valence-corrected chi connectivity index (χ4v) is 2.25. The minimum atomic E-state index is -0.568. The second kappa shape index (κ2) is 3.26. The van der Waals surface area contributed by atoms with Gasteiger partial charge in [-0.2, -0.15) is 0 Å². The van der Waals surface area contributed by atoms with Gasteiger partial charge in [-0.1, -0.05) is 6.92 Å². The molecule has 14 heavy (non-hydrogen) atoms. The largest absolute Gasteiger partial charge is 0.362 e. The third-order valence-electron chi connectivity index (χ3n) is 3.36. The first-order chi connectivity index (χ1) is 6.62. The zero-order valence-corrected chi connectivity index (χ0v) is 8.25. The molecule has 1 heterocycles. The van der Waals surface area contributed by atoms with Crippen LogP contribution >= 0.6 is 0 Å². The van der Waals surface area contributed by atoms with Crippen LogP contribution in [0.3, 0.4) is 0 Å². The average molecular weight is 198 g/mol. The average Bonchev–Trinajstić information content (AvgIpc) is 2.17. The molecule has 4 heteroatoms. The lowest BCUT2D eigenvalue weighted by atomic mass is 9.69. The van der Waals surface area contributed by atoms with Crippen molar-refractivity contribution in [2.45, 2.75) is 39.0 Å². The van der Waals surface area contributed by atoms with Gasteiger partial charge < -0.3 is 0 Å². The van der Waals surface area contributed by atoms with E-state index < -0.39 is 11.4 Å². The summed E-state index contributed by atoms with van der Waals surface area (Å²) in [5.74, 6) is -0.130. The Morgan fingerprint density at radius 1 is 1.21 bits per heavy atom. The standard InChI is InChI=1S/C10H14O4/c1-7-2-4-10(5-3-7)6-8(11)13-14-9(10)12/h7H,2-6H2,1H3. The Morgan fingerprint density at radius 2 is 1.86 bits per heavy atom. The van der Waals surface area contributed by atoms with Crippen molar-refractivity contribution in [2.75, 3.05) is 0 Å². The van der Waals surface area contributed by atoms with Crippen molar-refractivity contribution >= 4 is 11.9 Å². The van der Waals surface area contributed by atoms with Crippen LogP contribution in [0.5, 0.6) is 0 Å². The summed E-state index contributed by atoms with van der Waals surface area (Å²) in [6.45, 7) is 2.17. The van der Waals surface area contributed by atoms with Crippen LogP contribution in [0.25, 0.3) is 0 Å². The fourth-order valence-electron chi connectivity index (χ4n) is 2.25. The van der Waals surface area contributed by atoms with Crippen LogP contribution in [-0.2, 0) is 19.4 Å². The predicted octanol–water partition coefficient (Wildman–Crippen LogP) is 1.59. The van der Waals surface area contributed by atoms with Gasteiger partial charge in [-0.3, -0.25) is 0 Å². The van der Waals surface area contributed by atoms with E-state index >= 15 is 0 Å². The van der Waals surface area contributed by atoms with E-state index in [0.29, 0.717) is 5.92 Å². The van der Waals surface area contributed by atoms with Gasteiger partial charge in [-0.05, 0) is 31.6 Å².